The summed E-state index contributed by atoms with van der Waals surface area (Å²) in [5.74, 6) is 2.87. The van der Waals surface area contributed by atoms with Gasteiger partial charge in [-0.25, -0.2) is 13.6 Å². The molecule has 288 valence electrons. The monoisotopic (exact) mass is 748 g/mol. The van der Waals surface area contributed by atoms with Gasteiger partial charge in [-0.3, -0.25) is 9.79 Å². The molecule has 0 unspecified atom stereocenters. The van der Waals surface area contributed by atoms with E-state index in [9.17, 15) is 18.4 Å². The first-order valence-corrected chi connectivity index (χ1v) is 17.7. The summed E-state index contributed by atoms with van der Waals surface area (Å²) in [6.45, 7) is 14.8. The van der Waals surface area contributed by atoms with E-state index in [-0.39, 0.29) is 65.5 Å². The van der Waals surface area contributed by atoms with Gasteiger partial charge in [-0.15, -0.1) is 12.3 Å². The van der Waals surface area contributed by atoms with E-state index in [1.807, 2.05) is 34.6 Å². The molecule has 1 saturated heterocycles. The fourth-order valence-electron chi connectivity index (χ4n) is 5.40. The maximum atomic E-state index is 14.1. The molecule has 5 atom stereocenters. The van der Waals surface area contributed by atoms with Crippen LogP contribution in [0.5, 0.6) is 11.8 Å². The minimum absolute atomic E-state index is 0.0694. The highest BCUT2D eigenvalue weighted by Crippen LogP contribution is 2.33. The molecule has 0 saturated carbocycles. The molecule has 0 aliphatic carbocycles. The van der Waals surface area contributed by atoms with Crippen LogP contribution < -0.4 is 20.5 Å². The molecule has 0 radical (unpaired) electrons. The van der Waals surface area contributed by atoms with Crippen LogP contribution in [0.4, 0.5) is 13.6 Å². The number of nitrogens with zero attached hydrogens (tertiary/aromatic N) is 4. The molecule has 1 aliphatic heterocycles. The summed E-state index contributed by atoms with van der Waals surface area (Å²) < 4.78 is 45.4. The normalized spacial score (nSPS) is 18.2. The van der Waals surface area contributed by atoms with Crippen LogP contribution in [0.1, 0.15) is 92.5 Å². The van der Waals surface area contributed by atoms with Crippen molar-refractivity contribution in [3.8, 4) is 24.1 Å². The summed E-state index contributed by atoms with van der Waals surface area (Å²) in [7, 11) is 3.26. The molecular formula is C38H55ClF2N6O5. The van der Waals surface area contributed by atoms with Gasteiger partial charge in [-0.1, -0.05) is 24.6 Å². The zero-order valence-corrected chi connectivity index (χ0v) is 32.8. The summed E-state index contributed by atoms with van der Waals surface area (Å²) in [6.07, 6.45) is 5.42. The molecule has 11 nitrogen and oxygen atoms in total. The molecule has 52 heavy (non-hydrogen) atoms. The van der Waals surface area contributed by atoms with E-state index in [2.05, 4.69) is 26.2 Å². The van der Waals surface area contributed by atoms with Gasteiger partial charge in [-0.2, -0.15) is 9.97 Å². The Labute approximate surface area is 312 Å². The predicted octanol–water partition coefficient (Wildman–Crippen LogP) is 6.68. The topological polar surface area (TPSA) is 141 Å². The number of piperidine rings is 1. The molecule has 2 aromatic rings. The lowest BCUT2D eigenvalue weighted by atomic mass is 9.81. The number of amidine groups is 1. The lowest BCUT2D eigenvalue weighted by molar-refractivity contribution is -0.121. The smallest absolute Gasteiger partial charge is 0.410 e. The summed E-state index contributed by atoms with van der Waals surface area (Å²) in [4.78, 5) is 38.5. The number of rotatable bonds is 13. The molecule has 1 aromatic heterocycles. The second kappa shape index (κ2) is 19.7. The Kier molecular flexibility index (Phi) is 16.7. The summed E-state index contributed by atoms with van der Waals surface area (Å²) in [6, 6.07) is 5.78. The number of nitrogens with one attached hydrogen (secondary N) is 1. The Morgan fingerprint density at radius 3 is 2.42 bits per heavy atom. The predicted molar refractivity (Wildman–Crippen MR) is 200 cm³/mol. The molecular weight excluding hydrogens is 694 g/mol. The number of benzene rings is 1. The average molecular weight is 749 g/mol. The van der Waals surface area contributed by atoms with Crippen LogP contribution in [-0.4, -0.2) is 89.8 Å². The number of hydrogen-bond acceptors (Lipinski definition) is 9. The average Bonchev–Trinajstić information content (AvgIpc) is 3.03. The van der Waals surface area contributed by atoms with Gasteiger partial charge < -0.3 is 30.2 Å². The van der Waals surface area contributed by atoms with Gasteiger partial charge in [0.15, 0.2) is 5.84 Å². The van der Waals surface area contributed by atoms with Crippen molar-refractivity contribution in [3.63, 3.8) is 0 Å². The lowest BCUT2D eigenvalue weighted by Crippen LogP contribution is -2.50. The Morgan fingerprint density at radius 1 is 1.21 bits per heavy atom. The number of amides is 1. The lowest BCUT2D eigenvalue weighted by Gasteiger charge is -2.39. The first kappa shape index (κ1) is 44.1. The second-order valence-electron chi connectivity index (χ2n) is 14.4. The molecule has 14 heteroatoms. The number of terminal acetylenes is 1. The molecule has 1 aliphatic rings. The molecule has 1 aromatic carbocycles. The van der Waals surface area contributed by atoms with Crippen LogP contribution in [0.25, 0.3) is 0 Å². The SMILES string of the molecule is C#CC[C@@H]1C[C@@H](Oc2cc(O[C@@H](C)[C@@H](C)C[C@@H](F)CNC)nc(C(N)=NC)n2)CCN1C(=O)OC(C)(C)C.CC(=O)C(C)(C)c1c(F)cccc1Cl. The van der Waals surface area contributed by atoms with Crippen LogP contribution in [0, 0.1) is 24.1 Å². The third kappa shape index (κ3) is 13.2. The van der Waals surface area contributed by atoms with Crippen molar-refractivity contribution in [2.45, 2.75) is 117 Å². The number of hydrogen-bond donors (Lipinski definition) is 2. The highest BCUT2D eigenvalue weighted by molar-refractivity contribution is 6.31. The van der Waals surface area contributed by atoms with Crippen molar-refractivity contribution in [1.82, 2.24) is 20.2 Å². The Morgan fingerprint density at radius 2 is 1.87 bits per heavy atom. The maximum absolute atomic E-state index is 14.1. The van der Waals surface area contributed by atoms with Gasteiger partial charge in [0.2, 0.25) is 17.6 Å². The second-order valence-corrected chi connectivity index (χ2v) is 14.9. The van der Waals surface area contributed by atoms with E-state index in [0.717, 1.165) is 0 Å². The zero-order valence-electron chi connectivity index (χ0n) is 32.1. The molecule has 0 bridgehead atoms. The number of ketones is 1. The molecule has 2 heterocycles. The van der Waals surface area contributed by atoms with Gasteiger partial charge in [-0.05, 0) is 80.0 Å². The van der Waals surface area contributed by atoms with Crippen LogP contribution in [0.15, 0.2) is 29.3 Å². The fraction of sp³-hybridized carbons (Fsp3) is 0.605. The van der Waals surface area contributed by atoms with Crippen molar-refractivity contribution in [1.29, 1.82) is 0 Å². The van der Waals surface area contributed by atoms with Crippen LogP contribution in [0.2, 0.25) is 5.02 Å². The van der Waals surface area contributed by atoms with E-state index in [0.29, 0.717) is 37.3 Å². The highest BCUT2D eigenvalue weighted by atomic mass is 35.5. The number of nitrogens with two attached hydrogens (primary N) is 1. The van der Waals surface area contributed by atoms with E-state index < -0.39 is 29.1 Å². The number of likely N-dealkylation sites (tertiary alicyclic amines) is 1. The van der Waals surface area contributed by atoms with Crippen molar-refractivity contribution >= 4 is 29.3 Å². The van der Waals surface area contributed by atoms with Gasteiger partial charge in [0.05, 0.1) is 11.5 Å². The number of alkyl halides is 1. The van der Waals surface area contributed by atoms with Crippen molar-refractivity contribution in [2.75, 3.05) is 27.2 Å². The number of Topliss-reactive ketones (excluding diaryl/α,β-unsaturated/α-hetero) is 1. The first-order chi connectivity index (χ1) is 24.2. The maximum Gasteiger partial charge on any atom is 0.410 e. The standard InChI is InChI=1S/C27H43FN6O4.C11H12ClFO/c1-9-10-20-14-21(11-12-34(20)26(35)38-27(4,5)6)37-23-15-22(32-25(33-23)24(29)31-8)36-18(3)17(2)13-19(28)16-30-7;1-7(14)11(2,3)10-8(12)5-4-6-9(10)13/h1,15,17-21,30H,10-14,16H2,2-8H3,(H2,29,31);4-6H,1-3H3/t17-,18-,19+,20+,21-;/m0./s1. The van der Waals surface area contributed by atoms with Crippen LogP contribution in [-0.2, 0) is 14.9 Å². The summed E-state index contributed by atoms with van der Waals surface area (Å²) in [5.41, 5.74) is 4.79. The molecule has 3 rings (SSSR count). The number of carbonyl (C=O) groups is 2. The quantitative estimate of drug-likeness (QED) is 0.130. The summed E-state index contributed by atoms with van der Waals surface area (Å²) in [5, 5.41) is 3.14. The van der Waals surface area contributed by atoms with Gasteiger partial charge in [0.25, 0.3) is 0 Å². The van der Waals surface area contributed by atoms with Crippen LogP contribution >= 0.6 is 11.6 Å². The number of ether oxygens (including phenoxy) is 3. The van der Waals surface area contributed by atoms with Gasteiger partial charge in [0, 0.05) is 56.0 Å². The van der Waals surface area contributed by atoms with E-state index in [4.69, 9.17) is 38.0 Å². The number of aromatic nitrogens is 2. The number of aliphatic imine (C=N–C) groups is 1. The fourth-order valence-corrected chi connectivity index (χ4v) is 5.80. The minimum Gasteiger partial charge on any atom is -0.474 e. The Hall–Kier alpha value is -4.02. The highest BCUT2D eigenvalue weighted by Gasteiger charge is 2.35. The van der Waals surface area contributed by atoms with E-state index in [1.165, 1.54) is 26.1 Å². The Bertz CT molecular complexity index is 1560. The third-order valence-corrected chi connectivity index (χ3v) is 9.03. The minimum atomic E-state index is -0.980. The van der Waals surface area contributed by atoms with E-state index in [1.54, 1.807) is 37.9 Å². The molecule has 1 amide bonds. The number of carbonyl (C=O) groups excluding carboxylic acids is 2. The van der Waals surface area contributed by atoms with Crippen molar-refractivity contribution < 1.29 is 32.6 Å². The first-order valence-electron chi connectivity index (χ1n) is 17.4. The van der Waals surface area contributed by atoms with Crippen LogP contribution in [0.3, 0.4) is 0 Å². The van der Waals surface area contributed by atoms with Crippen molar-refractivity contribution in [2.24, 2.45) is 16.6 Å². The van der Waals surface area contributed by atoms with E-state index >= 15 is 0 Å². The van der Waals surface area contributed by atoms with Gasteiger partial charge in [0.1, 0.15) is 35.6 Å². The molecule has 0 spiro atoms. The van der Waals surface area contributed by atoms with Crippen molar-refractivity contribution in [3.05, 3.63) is 46.5 Å². The third-order valence-electron chi connectivity index (χ3n) is 8.71. The molecule has 1 fully saturated rings. The Balaban J connectivity index is 0.000000557. The summed E-state index contributed by atoms with van der Waals surface area (Å²) >= 11 is 5.87. The zero-order chi connectivity index (χ0) is 39.4. The van der Waals surface area contributed by atoms with Gasteiger partial charge >= 0.3 is 6.09 Å². The number of halogens is 3. The molecule has 3 N–H and O–H groups in total. The largest absolute Gasteiger partial charge is 0.474 e.